The van der Waals surface area contributed by atoms with Crippen molar-refractivity contribution in [3.8, 4) is 0 Å². The number of nitrogens with one attached hydrogen (secondary N) is 1. The molecule has 0 saturated carbocycles. The van der Waals surface area contributed by atoms with Gasteiger partial charge in [0.05, 0.1) is 49.9 Å². The molecular formula is C25H28N2O7. The number of carbonyl (C=O) groups is 3. The molecule has 180 valence electrons. The van der Waals surface area contributed by atoms with Crippen LogP contribution in [0.1, 0.15) is 35.8 Å². The first-order chi connectivity index (χ1) is 16.4. The summed E-state index contributed by atoms with van der Waals surface area (Å²) in [4.78, 5) is 39.1. The molecule has 34 heavy (non-hydrogen) atoms. The van der Waals surface area contributed by atoms with Crippen LogP contribution in [-0.4, -0.2) is 52.1 Å². The van der Waals surface area contributed by atoms with Gasteiger partial charge in [0, 0.05) is 6.04 Å². The van der Waals surface area contributed by atoms with Gasteiger partial charge in [-0.05, 0) is 37.6 Å². The number of methoxy groups -OCH3 is 2. The monoisotopic (exact) mass is 468 g/mol. The van der Waals surface area contributed by atoms with E-state index in [1.807, 2.05) is 37.3 Å². The van der Waals surface area contributed by atoms with Crippen LogP contribution in [0.25, 0.3) is 0 Å². The molecule has 0 radical (unpaired) electrons. The van der Waals surface area contributed by atoms with Crippen LogP contribution in [0, 0.1) is 0 Å². The van der Waals surface area contributed by atoms with Crippen LogP contribution in [0.3, 0.4) is 0 Å². The summed E-state index contributed by atoms with van der Waals surface area (Å²) in [6, 6.07) is 14.6. The van der Waals surface area contributed by atoms with E-state index in [1.54, 1.807) is 25.1 Å². The number of anilines is 2. The first kappa shape index (κ1) is 24.8. The molecule has 0 aromatic heterocycles. The van der Waals surface area contributed by atoms with Crippen molar-refractivity contribution < 1.29 is 33.3 Å². The Kier molecular flexibility index (Phi) is 8.26. The highest BCUT2D eigenvalue weighted by Gasteiger charge is 2.34. The number of rotatable bonds is 8. The maximum Gasteiger partial charge on any atom is 0.355 e. The Bertz CT molecular complexity index is 1080. The highest BCUT2D eigenvalue weighted by Crippen LogP contribution is 2.35. The lowest BCUT2D eigenvalue weighted by Crippen LogP contribution is -2.39. The van der Waals surface area contributed by atoms with Crippen molar-refractivity contribution in [2.24, 2.45) is 0 Å². The molecule has 0 fully saturated rings. The van der Waals surface area contributed by atoms with Gasteiger partial charge in [-0.1, -0.05) is 30.3 Å². The van der Waals surface area contributed by atoms with Crippen molar-refractivity contribution in [3.63, 3.8) is 0 Å². The van der Waals surface area contributed by atoms with Crippen LogP contribution in [-0.2, 0) is 28.5 Å². The summed E-state index contributed by atoms with van der Waals surface area (Å²) in [6.45, 7) is 3.75. The first-order valence-corrected chi connectivity index (χ1v) is 10.8. The summed E-state index contributed by atoms with van der Waals surface area (Å²) >= 11 is 0. The Balaban J connectivity index is 2.13. The van der Waals surface area contributed by atoms with E-state index >= 15 is 0 Å². The summed E-state index contributed by atoms with van der Waals surface area (Å²) < 4.78 is 20.6. The van der Waals surface area contributed by atoms with E-state index in [-0.39, 0.29) is 42.8 Å². The van der Waals surface area contributed by atoms with Gasteiger partial charge in [-0.15, -0.1) is 0 Å². The van der Waals surface area contributed by atoms with E-state index in [4.69, 9.17) is 18.9 Å². The highest BCUT2D eigenvalue weighted by atomic mass is 16.5. The van der Waals surface area contributed by atoms with Gasteiger partial charge in [0.2, 0.25) is 0 Å². The molecule has 2 aromatic carbocycles. The number of hydrogen-bond acceptors (Lipinski definition) is 9. The Morgan fingerprint density at radius 1 is 1.03 bits per heavy atom. The van der Waals surface area contributed by atoms with Crippen LogP contribution >= 0.6 is 0 Å². The van der Waals surface area contributed by atoms with Crippen LogP contribution in [0.15, 0.2) is 59.8 Å². The number of esters is 3. The molecule has 1 heterocycles. The maximum absolute atomic E-state index is 12.8. The molecule has 0 amide bonds. The minimum atomic E-state index is -0.729. The highest BCUT2D eigenvalue weighted by molar-refractivity contribution is 6.04. The van der Waals surface area contributed by atoms with Crippen molar-refractivity contribution in [1.82, 2.24) is 0 Å². The van der Waals surface area contributed by atoms with E-state index in [0.29, 0.717) is 11.4 Å². The Hall–Kier alpha value is -3.85. The summed E-state index contributed by atoms with van der Waals surface area (Å²) in [6.07, 6.45) is 0. The van der Waals surface area contributed by atoms with Crippen LogP contribution < -0.4 is 10.2 Å². The van der Waals surface area contributed by atoms with Crippen LogP contribution in [0.4, 0.5) is 11.4 Å². The van der Waals surface area contributed by atoms with Crippen LogP contribution in [0.2, 0.25) is 0 Å². The van der Waals surface area contributed by atoms with E-state index < -0.39 is 17.9 Å². The Labute approximate surface area is 198 Å². The van der Waals surface area contributed by atoms with E-state index in [1.165, 1.54) is 19.1 Å². The van der Waals surface area contributed by atoms with Gasteiger partial charge in [-0.3, -0.25) is 0 Å². The molecule has 0 saturated heterocycles. The number of carbonyl (C=O) groups excluding carboxylic acids is 3. The summed E-state index contributed by atoms with van der Waals surface area (Å²) in [5.41, 5.74) is 2.37. The minimum absolute atomic E-state index is 0.0166. The van der Waals surface area contributed by atoms with Gasteiger partial charge < -0.3 is 29.2 Å². The van der Waals surface area contributed by atoms with Crippen molar-refractivity contribution in [2.75, 3.05) is 44.4 Å². The predicted octanol–water partition coefficient (Wildman–Crippen LogP) is 3.43. The topological polar surface area (TPSA) is 103 Å². The van der Waals surface area contributed by atoms with Gasteiger partial charge in [-0.2, -0.15) is 0 Å². The quantitative estimate of drug-likeness (QED) is 0.461. The van der Waals surface area contributed by atoms with Crippen molar-refractivity contribution in [2.45, 2.75) is 19.9 Å². The van der Waals surface area contributed by atoms with Crippen molar-refractivity contribution in [3.05, 3.63) is 70.9 Å². The fraction of sp³-hybridized carbons (Fsp3) is 0.320. The van der Waals surface area contributed by atoms with Gasteiger partial charge in [0.15, 0.2) is 0 Å². The second-order valence-electron chi connectivity index (χ2n) is 7.45. The lowest BCUT2D eigenvalue weighted by atomic mass is 10.1. The normalized spacial score (nSPS) is 14.3. The molecule has 1 atom stereocenters. The molecular weight excluding hydrogens is 440 g/mol. The van der Waals surface area contributed by atoms with Crippen molar-refractivity contribution >= 4 is 29.3 Å². The zero-order valence-corrected chi connectivity index (χ0v) is 19.6. The van der Waals surface area contributed by atoms with Gasteiger partial charge in [0.25, 0.3) is 0 Å². The average molecular weight is 469 g/mol. The van der Waals surface area contributed by atoms with E-state index in [2.05, 4.69) is 5.32 Å². The third-order valence-corrected chi connectivity index (χ3v) is 5.30. The smallest absolute Gasteiger partial charge is 0.355 e. The standard InChI is InChI=1S/C25H28N2O7/c1-5-34-23(28)18-11-12-20(26-16(2)17-9-7-6-8-10-17)21(13-18)27-15-33-14-19(24(29)31-3)22(27)25(30)32-4/h6-13,16,26H,5,14-15H2,1-4H3. The second kappa shape index (κ2) is 11.3. The van der Waals surface area contributed by atoms with E-state index in [0.717, 1.165) is 5.56 Å². The Morgan fingerprint density at radius 3 is 2.38 bits per heavy atom. The molecule has 3 rings (SSSR count). The lowest BCUT2D eigenvalue weighted by Gasteiger charge is -2.33. The van der Waals surface area contributed by atoms with Gasteiger partial charge >= 0.3 is 17.9 Å². The summed E-state index contributed by atoms with van der Waals surface area (Å²) in [5.74, 6) is -1.95. The molecule has 9 heteroatoms. The molecule has 0 spiro atoms. The number of ether oxygens (including phenoxy) is 4. The molecule has 0 aliphatic carbocycles. The first-order valence-electron chi connectivity index (χ1n) is 10.8. The van der Waals surface area contributed by atoms with Gasteiger partial charge in [-0.25, -0.2) is 14.4 Å². The van der Waals surface area contributed by atoms with E-state index in [9.17, 15) is 14.4 Å². The minimum Gasteiger partial charge on any atom is -0.466 e. The summed E-state index contributed by atoms with van der Waals surface area (Å²) in [5, 5.41) is 3.42. The van der Waals surface area contributed by atoms with Crippen molar-refractivity contribution in [1.29, 1.82) is 0 Å². The largest absolute Gasteiger partial charge is 0.466 e. The SMILES string of the molecule is CCOC(=O)c1ccc(NC(C)c2ccccc2)c(N2COCC(C(=O)OC)=C2C(=O)OC)c1. The molecule has 0 bridgehead atoms. The van der Waals surface area contributed by atoms with Gasteiger partial charge in [0.1, 0.15) is 12.4 Å². The zero-order chi connectivity index (χ0) is 24.7. The Morgan fingerprint density at radius 2 is 1.74 bits per heavy atom. The third kappa shape index (κ3) is 5.37. The molecule has 1 unspecified atom stereocenters. The predicted molar refractivity (Wildman–Crippen MR) is 125 cm³/mol. The molecule has 1 aliphatic heterocycles. The molecule has 9 nitrogen and oxygen atoms in total. The number of hydrogen-bond donors (Lipinski definition) is 1. The fourth-order valence-corrected chi connectivity index (χ4v) is 3.61. The maximum atomic E-state index is 12.8. The molecule has 1 aliphatic rings. The average Bonchev–Trinajstić information content (AvgIpc) is 2.88. The fourth-order valence-electron chi connectivity index (χ4n) is 3.61. The second-order valence-corrected chi connectivity index (χ2v) is 7.45. The third-order valence-electron chi connectivity index (χ3n) is 5.30. The molecule has 2 aromatic rings. The molecule has 1 N–H and O–H groups in total. The summed E-state index contributed by atoms with van der Waals surface area (Å²) in [7, 11) is 2.45. The zero-order valence-electron chi connectivity index (χ0n) is 19.6. The number of nitrogens with zero attached hydrogens (tertiary/aromatic N) is 1. The number of benzene rings is 2. The lowest BCUT2D eigenvalue weighted by molar-refractivity contribution is -0.140. The van der Waals surface area contributed by atoms with Crippen LogP contribution in [0.5, 0.6) is 0 Å².